The molecule has 1 saturated heterocycles. The Morgan fingerprint density at radius 1 is 1.38 bits per heavy atom. The van der Waals surface area contributed by atoms with E-state index in [0.717, 1.165) is 5.56 Å². The first-order valence-electron chi connectivity index (χ1n) is 7.06. The molecule has 2 rings (SSSR count). The van der Waals surface area contributed by atoms with Crippen LogP contribution in [0.15, 0.2) is 18.2 Å². The number of ether oxygens (including phenoxy) is 1. The molecule has 2 atom stereocenters. The fraction of sp³-hybridized carbons (Fsp3) is 0.562. The molecule has 1 aliphatic rings. The molecule has 0 radical (unpaired) electrons. The molecule has 0 aromatic heterocycles. The van der Waals surface area contributed by atoms with Gasteiger partial charge in [0.2, 0.25) is 0 Å². The largest absolute Gasteiger partial charge is 0.496 e. The van der Waals surface area contributed by atoms with E-state index in [9.17, 15) is 9.90 Å². The number of likely N-dealkylation sites (tertiary alicyclic amines) is 1. The van der Waals surface area contributed by atoms with Crippen LogP contribution in [0.1, 0.15) is 32.3 Å². The lowest BCUT2D eigenvalue weighted by molar-refractivity contribution is -0.141. The van der Waals surface area contributed by atoms with E-state index < -0.39 is 11.9 Å². The molecular formula is C16H22ClNO3. The second-order valence-electron chi connectivity index (χ2n) is 6.48. The SMILES string of the molecule is COc1cccc(Cl)c1[C@@H]1CN(C(C)(C)C)C[C@H]1C(=O)O. The van der Waals surface area contributed by atoms with E-state index in [1.54, 1.807) is 13.2 Å². The molecule has 0 amide bonds. The Kier molecular flexibility index (Phi) is 4.49. The molecule has 1 aromatic carbocycles. The van der Waals surface area contributed by atoms with Crippen LogP contribution in [0, 0.1) is 5.92 Å². The molecule has 0 bridgehead atoms. The van der Waals surface area contributed by atoms with Crippen LogP contribution < -0.4 is 4.74 Å². The van der Waals surface area contributed by atoms with E-state index in [-0.39, 0.29) is 11.5 Å². The summed E-state index contributed by atoms with van der Waals surface area (Å²) in [5.41, 5.74) is 0.734. The molecule has 1 aliphatic heterocycles. The van der Waals surface area contributed by atoms with Crippen molar-refractivity contribution in [3.05, 3.63) is 28.8 Å². The molecule has 1 fully saturated rings. The van der Waals surface area contributed by atoms with Gasteiger partial charge in [-0.25, -0.2) is 0 Å². The summed E-state index contributed by atoms with van der Waals surface area (Å²) < 4.78 is 5.39. The van der Waals surface area contributed by atoms with Crippen molar-refractivity contribution in [3.8, 4) is 5.75 Å². The minimum absolute atomic E-state index is 0.0725. The number of aliphatic carboxylic acids is 1. The van der Waals surface area contributed by atoms with Crippen molar-refractivity contribution < 1.29 is 14.6 Å². The number of carboxylic acid groups (broad SMARTS) is 1. The molecule has 1 aromatic rings. The summed E-state index contributed by atoms with van der Waals surface area (Å²) in [6.45, 7) is 7.48. The third-order valence-corrected chi connectivity index (χ3v) is 4.52. The molecule has 4 nitrogen and oxygen atoms in total. The van der Waals surface area contributed by atoms with Crippen LogP contribution in [0.4, 0.5) is 0 Å². The average Bonchev–Trinajstić information content (AvgIpc) is 2.83. The highest BCUT2D eigenvalue weighted by Crippen LogP contribution is 2.43. The van der Waals surface area contributed by atoms with E-state index in [1.165, 1.54) is 0 Å². The monoisotopic (exact) mass is 311 g/mol. The van der Waals surface area contributed by atoms with Gasteiger partial charge in [-0.05, 0) is 32.9 Å². The number of carboxylic acids is 1. The molecular weight excluding hydrogens is 290 g/mol. The molecule has 0 spiro atoms. The summed E-state index contributed by atoms with van der Waals surface area (Å²) in [7, 11) is 1.58. The zero-order chi connectivity index (χ0) is 15.8. The van der Waals surface area contributed by atoms with Gasteiger partial charge < -0.3 is 9.84 Å². The van der Waals surface area contributed by atoms with Crippen LogP contribution in [-0.4, -0.2) is 41.7 Å². The zero-order valence-corrected chi connectivity index (χ0v) is 13.6. The maximum atomic E-state index is 11.7. The van der Waals surface area contributed by atoms with E-state index in [4.69, 9.17) is 16.3 Å². The van der Waals surface area contributed by atoms with Crippen molar-refractivity contribution in [1.29, 1.82) is 0 Å². The predicted molar refractivity (Wildman–Crippen MR) is 83.2 cm³/mol. The standard InChI is InChI=1S/C16H22ClNO3/c1-16(2,3)18-8-10(11(9-18)15(19)20)14-12(17)6-5-7-13(14)21-4/h5-7,10-11H,8-9H2,1-4H3,(H,19,20)/t10-,11-/m1/s1. The first-order valence-corrected chi connectivity index (χ1v) is 7.43. The van der Waals surface area contributed by atoms with Gasteiger partial charge in [0.15, 0.2) is 0 Å². The number of nitrogens with zero attached hydrogens (tertiary/aromatic N) is 1. The molecule has 0 saturated carbocycles. The Morgan fingerprint density at radius 3 is 2.57 bits per heavy atom. The predicted octanol–water partition coefficient (Wildman–Crippen LogP) is 3.25. The number of carbonyl (C=O) groups is 1. The van der Waals surface area contributed by atoms with Gasteiger partial charge in [0, 0.05) is 35.1 Å². The number of hydrogen-bond donors (Lipinski definition) is 1. The quantitative estimate of drug-likeness (QED) is 0.931. The normalized spacial score (nSPS) is 23.3. The van der Waals surface area contributed by atoms with Gasteiger partial charge in [-0.1, -0.05) is 17.7 Å². The fourth-order valence-electron chi connectivity index (χ4n) is 2.95. The van der Waals surface area contributed by atoms with Gasteiger partial charge in [-0.2, -0.15) is 0 Å². The van der Waals surface area contributed by atoms with Crippen molar-refractivity contribution in [2.24, 2.45) is 5.92 Å². The first kappa shape index (κ1) is 16.1. The second kappa shape index (κ2) is 5.85. The molecule has 1 N–H and O–H groups in total. The van der Waals surface area contributed by atoms with E-state index in [2.05, 4.69) is 25.7 Å². The number of rotatable bonds is 3. The number of benzene rings is 1. The van der Waals surface area contributed by atoms with Crippen molar-refractivity contribution >= 4 is 17.6 Å². The summed E-state index contributed by atoms with van der Waals surface area (Å²) in [5, 5.41) is 10.1. The maximum Gasteiger partial charge on any atom is 0.308 e. The lowest BCUT2D eigenvalue weighted by Crippen LogP contribution is -2.40. The Morgan fingerprint density at radius 2 is 2.05 bits per heavy atom. The van der Waals surface area contributed by atoms with Crippen molar-refractivity contribution in [2.45, 2.75) is 32.2 Å². The summed E-state index contributed by atoms with van der Waals surface area (Å²) in [6.07, 6.45) is 0. The van der Waals surface area contributed by atoms with Crippen molar-refractivity contribution in [2.75, 3.05) is 20.2 Å². The smallest absolute Gasteiger partial charge is 0.308 e. The molecule has 116 valence electrons. The minimum Gasteiger partial charge on any atom is -0.496 e. The summed E-state index contributed by atoms with van der Waals surface area (Å²) >= 11 is 6.33. The van der Waals surface area contributed by atoms with Crippen LogP contribution >= 0.6 is 11.6 Å². The summed E-state index contributed by atoms with van der Waals surface area (Å²) in [5.74, 6) is -0.758. The lowest BCUT2D eigenvalue weighted by atomic mass is 9.88. The van der Waals surface area contributed by atoms with Gasteiger partial charge in [-0.15, -0.1) is 0 Å². The maximum absolute atomic E-state index is 11.7. The van der Waals surface area contributed by atoms with Gasteiger partial charge >= 0.3 is 5.97 Å². The van der Waals surface area contributed by atoms with Crippen LogP contribution in [0.5, 0.6) is 5.75 Å². The number of methoxy groups -OCH3 is 1. The Hall–Kier alpha value is -1.26. The van der Waals surface area contributed by atoms with Gasteiger partial charge in [0.1, 0.15) is 5.75 Å². The number of halogens is 1. The Bertz CT molecular complexity index is 539. The molecule has 5 heteroatoms. The summed E-state index contributed by atoms with van der Waals surface area (Å²) in [4.78, 5) is 13.9. The van der Waals surface area contributed by atoms with E-state index >= 15 is 0 Å². The van der Waals surface area contributed by atoms with Crippen LogP contribution in [-0.2, 0) is 4.79 Å². The molecule has 0 unspecified atom stereocenters. The second-order valence-corrected chi connectivity index (χ2v) is 6.89. The summed E-state index contributed by atoms with van der Waals surface area (Å²) in [6, 6.07) is 5.44. The lowest BCUT2D eigenvalue weighted by Gasteiger charge is -2.31. The molecule has 1 heterocycles. The van der Waals surface area contributed by atoms with Crippen LogP contribution in [0.3, 0.4) is 0 Å². The van der Waals surface area contributed by atoms with Gasteiger partial charge in [0.05, 0.1) is 13.0 Å². The highest BCUT2D eigenvalue weighted by Gasteiger charge is 2.43. The Balaban J connectivity index is 2.44. The topological polar surface area (TPSA) is 49.8 Å². The zero-order valence-electron chi connectivity index (χ0n) is 12.9. The van der Waals surface area contributed by atoms with Crippen molar-refractivity contribution in [3.63, 3.8) is 0 Å². The first-order chi connectivity index (χ1) is 9.75. The third kappa shape index (κ3) is 3.16. The van der Waals surface area contributed by atoms with Crippen LogP contribution in [0.2, 0.25) is 5.02 Å². The van der Waals surface area contributed by atoms with Crippen molar-refractivity contribution in [1.82, 2.24) is 4.90 Å². The fourth-order valence-corrected chi connectivity index (χ4v) is 3.26. The molecule has 21 heavy (non-hydrogen) atoms. The minimum atomic E-state index is -0.784. The van der Waals surface area contributed by atoms with Gasteiger partial charge in [-0.3, -0.25) is 9.69 Å². The van der Waals surface area contributed by atoms with E-state index in [1.807, 2.05) is 12.1 Å². The average molecular weight is 312 g/mol. The van der Waals surface area contributed by atoms with E-state index in [0.29, 0.717) is 23.9 Å². The van der Waals surface area contributed by atoms with Crippen LogP contribution in [0.25, 0.3) is 0 Å². The molecule has 0 aliphatic carbocycles. The highest BCUT2D eigenvalue weighted by atomic mass is 35.5. The van der Waals surface area contributed by atoms with Gasteiger partial charge in [0.25, 0.3) is 0 Å². The number of hydrogen-bond acceptors (Lipinski definition) is 3. The third-order valence-electron chi connectivity index (χ3n) is 4.19. The highest BCUT2D eigenvalue weighted by molar-refractivity contribution is 6.31. The Labute approximate surface area is 130 Å².